The minimum atomic E-state index is -1.90. The van der Waals surface area contributed by atoms with Crippen LogP contribution in [-0.2, 0) is 47.6 Å². The minimum Gasteiger partial charge on any atom is -0.489 e. The lowest BCUT2D eigenvalue weighted by Crippen LogP contribution is -2.58. The average molecular weight is 645 g/mol. The molecule has 0 spiro atoms. The van der Waals surface area contributed by atoms with Crippen LogP contribution in [-0.4, -0.2) is 60.7 Å². The topological polar surface area (TPSA) is 124 Å². The zero-order valence-electron chi connectivity index (χ0n) is 28.7. The number of ether oxygens (including phenoxy) is 6. The van der Waals surface area contributed by atoms with Gasteiger partial charge in [0.15, 0.2) is 6.29 Å². The van der Waals surface area contributed by atoms with Gasteiger partial charge in [-0.1, -0.05) is 6.58 Å². The molecule has 6 fully saturated rings. The third-order valence-corrected chi connectivity index (χ3v) is 13.0. The molecular weight excluding hydrogens is 592 g/mol. The molecule has 4 bridgehead atoms. The van der Waals surface area contributed by atoms with E-state index in [1.807, 2.05) is 0 Å². The Morgan fingerprint density at radius 3 is 2.28 bits per heavy atom. The molecule has 4 aliphatic carbocycles. The Bertz CT molecular complexity index is 1290. The van der Waals surface area contributed by atoms with E-state index in [1.165, 1.54) is 26.2 Å². The monoisotopic (exact) mass is 644 g/mol. The van der Waals surface area contributed by atoms with Crippen LogP contribution in [0.2, 0.25) is 0 Å². The molecule has 6 rings (SSSR count). The second-order valence-corrected chi connectivity index (χ2v) is 16.1. The van der Waals surface area contributed by atoms with Gasteiger partial charge in [0.05, 0.1) is 40.6 Å². The van der Waals surface area contributed by atoms with Crippen LogP contribution >= 0.6 is 0 Å². The van der Waals surface area contributed by atoms with E-state index in [9.17, 15) is 19.2 Å². The number of carbonyl (C=O) groups excluding carboxylic acids is 4. The van der Waals surface area contributed by atoms with Gasteiger partial charge in [-0.05, 0) is 123 Å². The molecule has 4 saturated carbocycles. The Balaban J connectivity index is 1.29. The average Bonchev–Trinajstić information content (AvgIpc) is 3.79. The van der Waals surface area contributed by atoms with E-state index in [-0.39, 0.29) is 12.7 Å². The van der Waals surface area contributed by atoms with Gasteiger partial charge in [0.2, 0.25) is 0 Å². The largest absolute Gasteiger partial charge is 0.489 e. The van der Waals surface area contributed by atoms with Crippen molar-refractivity contribution in [2.45, 2.75) is 124 Å². The molecule has 6 aliphatic rings. The maximum Gasteiger partial charge on any atom is 0.320 e. The summed E-state index contributed by atoms with van der Waals surface area (Å²) in [4.78, 5) is 55.6. The van der Waals surface area contributed by atoms with Gasteiger partial charge in [0.1, 0.15) is 11.7 Å². The van der Waals surface area contributed by atoms with Crippen LogP contribution in [0.3, 0.4) is 0 Å². The van der Waals surface area contributed by atoms with Gasteiger partial charge >= 0.3 is 23.9 Å². The molecule has 256 valence electrons. The molecule has 2 heterocycles. The number of cyclic esters (lactones) is 2. The maximum absolute atomic E-state index is 14.3. The Kier molecular flexibility index (Phi) is 8.44. The maximum atomic E-state index is 14.3. The van der Waals surface area contributed by atoms with Crippen molar-refractivity contribution in [1.82, 2.24) is 0 Å². The van der Waals surface area contributed by atoms with Crippen molar-refractivity contribution in [2.24, 2.45) is 58.2 Å². The third kappa shape index (κ3) is 5.11. The highest BCUT2D eigenvalue weighted by Gasteiger charge is 2.69. The number of esters is 4. The van der Waals surface area contributed by atoms with E-state index in [0.29, 0.717) is 29.9 Å². The van der Waals surface area contributed by atoms with Crippen molar-refractivity contribution in [1.29, 1.82) is 0 Å². The van der Waals surface area contributed by atoms with Crippen LogP contribution in [0.5, 0.6) is 0 Å². The second-order valence-electron chi connectivity index (χ2n) is 16.1. The Hall–Kier alpha value is -2.46. The lowest BCUT2D eigenvalue weighted by molar-refractivity contribution is -0.209. The van der Waals surface area contributed by atoms with Gasteiger partial charge < -0.3 is 28.4 Å². The molecule has 0 N–H and O–H groups in total. The molecule has 10 heteroatoms. The zero-order valence-corrected chi connectivity index (χ0v) is 28.7. The molecule has 10 nitrogen and oxygen atoms in total. The first-order valence-electron chi connectivity index (χ1n) is 17.3. The third-order valence-electron chi connectivity index (χ3n) is 13.0. The molecule has 13 unspecified atom stereocenters. The van der Waals surface area contributed by atoms with Gasteiger partial charge in [0.25, 0.3) is 0 Å². The lowest BCUT2D eigenvalue weighted by atomic mass is 9.56. The highest BCUT2D eigenvalue weighted by Crippen LogP contribution is 2.68. The summed E-state index contributed by atoms with van der Waals surface area (Å²) in [5, 5.41) is 0. The molecule has 0 aromatic heterocycles. The fourth-order valence-electron chi connectivity index (χ4n) is 10.5. The van der Waals surface area contributed by atoms with Crippen LogP contribution in [0.15, 0.2) is 12.3 Å². The van der Waals surface area contributed by atoms with Gasteiger partial charge in [-0.3, -0.25) is 19.2 Å². The first kappa shape index (κ1) is 33.4. The molecule has 2 saturated heterocycles. The van der Waals surface area contributed by atoms with Crippen molar-refractivity contribution in [3.8, 4) is 0 Å². The number of fused-ring (bicyclic) bond motifs is 9. The molecule has 0 amide bonds. The van der Waals surface area contributed by atoms with Gasteiger partial charge in [-0.2, -0.15) is 0 Å². The van der Waals surface area contributed by atoms with E-state index >= 15 is 0 Å². The quantitative estimate of drug-likeness (QED) is 0.0955. The van der Waals surface area contributed by atoms with Crippen molar-refractivity contribution in [3.63, 3.8) is 0 Å². The molecule has 0 radical (unpaired) electrons. The SMILES string of the molecule is C=C1CC(OC(=O)C(C)(C)C(C)(C(=O)OC(C)OCC)C2C(=O)OC(=O)C2C(C)OC2CC3CC2C2C4CCC(C4)C32)C(C)(C)O1. The fraction of sp³-hybridized carbons (Fsp3) is 0.833. The van der Waals surface area contributed by atoms with Gasteiger partial charge in [0, 0.05) is 13.0 Å². The summed E-state index contributed by atoms with van der Waals surface area (Å²) in [7, 11) is 0. The van der Waals surface area contributed by atoms with Crippen LogP contribution in [0.4, 0.5) is 0 Å². The summed E-state index contributed by atoms with van der Waals surface area (Å²) in [5.74, 6) is -1.05. The highest BCUT2D eigenvalue weighted by atomic mass is 16.7. The van der Waals surface area contributed by atoms with E-state index in [2.05, 4.69) is 6.58 Å². The van der Waals surface area contributed by atoms with E-state index in [0.717, 1.165) is 30.6 Å². The predicted molar refractivity (Wildman–Crippen MR) is 164 cm³/mol. The first-order chi connectivity index (χ1) is 21.5. The van der Waals surface area contributed by atoms with Crippen molar-refractivity contribution >= 4 is 23.9 Å². The van der Waals surface area contributed by atoms with E-state index < -0.39 is 70.6 Å². The van der Waals surface area contributed by atoms with Gasteiger partial charge in [-0.15, -0.1) is 0 Å². The summed E-state index contributed by atoms with van der Waals surface area (Å²) < 4.78 is 35.0. The molecule has 0 aromatic carbocycles. The minimum absolute atomic E-state index is 0.0170. The molecule has 0 aromatic rings. The highest BCUT2D eigenvalue weighted by molar-refractivity contribution is 6.02. The summed E-state index contributed by atoms with van der Waals surface area (Å²) in [5.41, 5.74) is -4.40. The second kappa shape index (κ2) is 11.6. The van der Waals surface area contributed by atoms with Gasteiger partial charge in [-0.25, -0.2) is 0 Å². The summed E-state index contributed by atoms with van der Waals surface area (Å²) >= 11 is 0. The molecule has 13 atom stereocenters. The number of rotatable bonds is 11. The van der Waals surface area contributed by atoms with Crippen LogP contribution in [0.25, 0.3) is 0 Å². The Labute approximate surface area is 272 Å². The summed E-state index contributed by atoms with van der Waals surface area (Å²) in [6.07, 6.45) is 4.00. The van der Waals surface area contributed by atoms with E-state index in [1.54, 1.807) is 48.5 Å². The molecular formula is C36H52O10. The normalized spacial score (nSPS) is 39.9. The Morgan fingerprint density at radius 2 is 1.65 bits per heavy atom. The predicted octanol–water partition coefficient (Wildman–Crippen LogP) is 5.36. The van der Waals surface area contributed by atoms with Crippen LogP contribution in [0.1, 0.15) is 93.9 Å². The zero-order chi connectivity index (χ0) is 33.5. The van der Waals surface area contributed by atoms with Crippen LogP contribution < -0.4 is 0 Å². The number of hydrogen-bond donors (Lipinski definition) is 0. The number of hydrogen-bond acceptors (Lipinski definition) is 10. The standard InChI is InChI=1S/C36H52O10/c1-10-41-19(4)43-33(40)36(9,34(5,6)32(39)44-25-13-17(2)46-35(25,7)8)29-26(30(37)45-31(29)38)18(3)42-24-16-22-15-23(24)28-21-12-11-20(14-21)27(22)28/h18-29H,2,10-16H2,1,3-9H3. The van der Waals surface area contributed by atoms with Crippen LogP contribution in [0, 0.1) is 58.2 Å². The van der Waals surface area contributed by atoms with Crippen molar-refractivity contribution < 1.29 is 47.6 Å². The Morgan fingerprint density at radius 1 is 0.978 bits per heavy atom. The molecule has 2 aliphatic heterocycles. The lowest BCUT2D eigenvalue weighted by Gasteiger charge is -2.45. The van der Waals surface area contributed by atoms with Crippen molar-refractivity contribution in [2.75, 3.05) is 6.61 Å². The first-order valence-corrected chi connectivity index (χ1v) is 17.3. The summed E-state index contributed by atoms with van der Waals surface area (Å²) in [6, 6.07) is 0. The van der Waals surface area contributed by atoms with E-state index in [4.69, 9.17) is 28.4 Å². The smallest absolute Gasteiger partial charge is 0.320 e. The number of carbonyl (C=O) groups is 4. The summed E-state index contributed by atoms with van der Waals surface area (Å²) in [6.45, 7) is 17.4. The molecule has 46 heavy (non-hydrogen) atoms. The van der Waals surface area contributed by atoms with Crippen molar-refractivity contribution in [3.05, 3.63) is 12.3 Å². The fourth-order valence-corrected chi connectivity index (χ4v) is 10.5.